The van der Waals surface area contributed by atoms with E-state index in [-0.39, 0.29) is 5.78 Å². The second-order valence-corrected chi connectivity index (χ2v) is 6.42. The molecule has 0 aromatic heterocycles. The number of ketones is 1. The van der Waals surface area contributed by atoms with Crippen LogP contribution in [-0.2, 0) is 10.2 Å². The molecule has 0 saturated heterocycles. The van der Waals surface area contributed by atoms with Gasteiger partial charge in [-0.3, -0.25) is 9.59 Å². The van der Waals surface area contributed by atoms with Crippen LogP contribution in [0.1, 0.15) is 50.5 Å². The average molecular weight is 278 g/mol. The first kappa shape index (κ1) is 16.2. The Hall–Kier alpha value is -1.84. The van der Waals surface area contributed by atoms with Crippen LogP contribution in [-0.4, -0.2) is 24.0 Å². The molecule has 0 amide bonds. The van der Waals surface area contributed by atoms with Crippen LogP contribution in [0, 0.1) is 5.41 Å². The van der Waals surface area contributed by atoms with Crippen molar-refractivity contribution in [2.45, 2.75) is 40.0 Å². The summed E-state index contributed by atoms with van der Waals surface area (Å²) in [6, 6.07) is 4.94. The van der Waals surface area contributed by atoms with Crippen LogP contribution in [0.2, 0.25) is 0 Å². The lowest BCUT2D eigenvalue weighted by molar-refractivity contribution is -0.142. The Balaban J connectivity index is 3.36. The van der Waals surface area contributed by atoms with Crippen LogP contribution in [0.3, 0.4) is 0 Å². The smallest absolute Gasteiger partial charge is 0.313 e. The van der Waals surface area contributed by atoms with E-state index in [2.05, 4.69) is 0 Å². The summed E-state index contributed by atoms with van der Waals surface area (Å²) < 4.78 is 5.27. The minimum absolute atomic E-state index is 0.00418. The van der Waals surface area contributed by atoms with E-state index in [4.69, 9.17) is 4.74 Å². The summed E-state index contributed by atoms with van der Waals surface area (Å²) in [5, 5.41) is 9.30. The molecule has 4 heteroatoms. The molecule has 0 radical (unpaired) electrons. The van der Waals surface area contributed by atoms with Crippen molar-refractivity contribution in [2.75, 3.05) is 7.11 Å². The lowest BCUT2D eigenvalue weighted by Crippen LogP contribution is -2.29. The molecular formula is C16H22O4. The normalized spacial score (nSPS) is 12.1. The van der Waals surface area contributed by atoms with Crippen molar-refractivity contribution in [3.05, 3.63) is 29.3 Å². The Bertz CT molecular complexity index is 536. The van der Waals surface area contributed by atoms with Crippen molar-refractivity contribution < 1.29 is 19.4 Å². The highest BCUT2D eigenvalue weighted by molar-refractivity contribution is 6.00. The molecule has 0 unspecified atom stereocenters. The number of carboxylic acid groups (broad SMARTS) is 1. The average Bonchev–Trinajstić information content (AvgIpc) is 2.35. The molecule has 0 aliphatic heterocycles. The van der Waals surface area contributed by atoms with E-state index >= 15 is 0 Å². The van der Waals surface area contributed by atoms with Crippen LogP contribution < -0.4 is 4.74 Å². The molecule has 1 N–H and O–H groups in total. The van der Waals surface area contributed by atoms with Gasteiger partial charge in [-0.25, -0.2) is 0 Å². The van der Waals surface area contributed by atoms with Crippen LogP contribution in [0.15, 0.2) is 18.2 Å². The van der Waals surface area contributed by atoms with Crippen molar-refractivity contribution in [3.63, 3.8) is 0 Å². The van der Waals surface area contributed by atoms with E-state index in [0.717, 1.165) is 0 Å². The molecule has 0 heterocycles. The molecule has 0 aliphatic rings. The summed E-state index contributed by atoms with van der Waals surface area (Å²) in [5.41, 5.74) is -0.485. The van der Waals surface area contributed by atoms with E-state index in [0.29, 0.717) is 16.9 Å². The van der Waals surface area contributed by atoms with Crippen molar-refractivity contribution in [1.82, 2.24) is 0 Å². The molecule has 0 bridgehead atoms. The minimum Gasteiger partial charge on any atom is -0.496 e. The number of ether oxygens (including phenoxy) is 1. The molecular weight excluding hydrogens is 256 g/mol. The van der Waals surface area contributed by atoms with Gasteiger partial charge in [0, 0.05) is 16.5 Å². The van der Waals surface area contributed by atoms with Gasteiger partial charge in [0.25, 0.3) is 0 Å². The monoisotopic (exact) mass is 278 g/mol. The molecule has 0 fully saturated rings. The zero-order valence-corrected chi connectivity index (χ0v) is 12.9. The minimum atomic E-state index is -1.07. The van der Waals surface area contributed by atoms with Gasteiger partial charge in [0.2, 0.25) is 0 Å². The van der Waals surface area contributed by atoms with Crippen molar-refractivity contribution in [2.24, 2.45) is 5.41 Å². The van der Waals surface area contributed by atoms with Gasteiger partial charge in [0.05, 0.1) is 12.5 Å². The second kappa shape index (κ2) is 5.27. The number of carbonyl (C=O) groups is 2. The van der Waals surface area contributed by atoms with Crippen molar-refractivity contribution in [3.8, 4) is 5.75 Å². The summed E-state index contributed by atoms with van der Waals surface area (Å²) in [7, 11) is 1.47. The van der Waals surface area contributed by atoms with Crippen LogP contribution >= 0.6 is 0 Å². The number of methoxy groups -OCH3 is 1. The number of Topliss-reactive ketones (excluding diaryl/α,β-unsaturated/α-hetero) is 1. The van der Waals surface area contributed by atoms with E-state index < -0.39 is 16.8 Å². The number of benzene rings is 1. The number of carbonyl (C=O) groups excluding carboxylic acids is 1. The number of carboxylic acids is 1. The first-order chi connectivity index (χ1) is 9.01. The van der Waals surface area contributed by atoms with Crippen LogP contribution in [0.4, 0.5) is 0 Å². The highest BCUT2D eigenvalue weighted by Gasteiger charge is 2.33. The van der Waals surface area contributed by atoms with E-state index in [1.54, 1.807) is 32.0 Å². The molecule has 0 atom stereocenters. The molecule has 4 nitrogen and oxygen atoms in total. The number of aliphatic carboxylic acids is 1. The van der Waals surface area contributed by atoms with Crippen molar-refractivity contribution >= 4 is 11.8 Å². The third-order valence-electron chi connectivity index (χ3n) is 3.35. The summed E-state index contributed by atoms with van der Waals surface area (Å²) in [6.45, 7) is 8.75. The Morgan fingerprint density at radius 3 is 2.05 bits per heavy atom. The SMILES string of the molecule is COc1cc(C(=O)C(C)(C)C)ccc1C(C)(C)C(=O)O. The van der Waals surface area contributed by atoms with Gasteiger partial charge < -0.3 is 9.84 Å². The van der Waals surface area contributed by atoms with Gasteiger partial charge in [-0.05, 0) is 19.9 Å². The number of hydrogen-bond donors (Lipinski definition) is 1. The summed E-state index contributed by atoms with van der Waals surface area (Å²) in [6.07, 6.45) is 0. The summed E-state index contributed by atoms with van der Waals surface area (Å²) in [4.78, 5) is 23.6. The van der Waals surface area contributed by atoms with Gasteiger partial charge in [-0.2, -0.15) is 0 Å². The quantitative estimate of drug-likeness (QED) is 0.858. The predicted octanol–water partition coefficient (Wildman–Crippen LogP) is 3.29. The standard InChI is InChI=1S/C16H22O4/c1-15(2,3)13(17)10-7-8-11(12(9-10)20-6)16(4,5)14(18)19/h7-9H,1-6H3,(H,18,19). The fraction of sp³-hybridized carbons (Fsp3) is 0.500. The molecule has 20 heavy (non-hydrogen) atoms. The van der Waals surface area contributed by atoms with E-state index in [1.165, 1.54) is 7.11 Å². The lowest BCUT2D eigenvalue weighted by atomic mass is 9.81. The molecule has 110 valence electrons. The Kier molecular flexibility index (Phi) is 4.27. The first-order valence-electron chi connectivity index (χ1n) is 6.48. The molecule has 1 aromatic rings. The first-order valence-corrected chi connectivity index (χ1v) is 6.48. The lowest BCUT2D eigenvalue weighted by Gasteiger charge is -2.24. The Morgan fingerprint density at radius 2 is 1.65 bits per heavy atom. The number of hydrogen-bond acceptors (Lipinski definition) is 3. The number of rotatable bonds is 4. The maximum absolute atomic E-state index is 12.3. The van der Waals surface area contributed by atoms with Gasteiger partial charge in [0.1, 0.15) is 5.75 Å². The third kappa shape index (κ3) is 3.00. The van der Waals surface area contributed by atoms with Crippen molar-refractivity contribution in [1.29, 1.82) is 0 Å². The van der Waals surface area contributed by atoms with Crippen LogP contribution in [0.5, 0.6) is 5.75 Å². The summed E-state index contributed by atoms with van der Waals surface area (Å²) >= 11 is 0. The molecule has 1 rings (SSSR count). The molecule has 1 aromatic carbocycles. The van der Waals surface area contributed by atoms with Gasteiger partial charge in [0.15, 0.2) is 5.78 Å². The van der Waals surface area contributed by atoms with Crippen LogP contribution in [0.25, 0.3) is 0 Å². The summed E-state index contributed by atoms with van der Waals surface area (Å²) in [5.74, 6) is -0.520. The maximum Gasteiger partial charge on any atom is 0.313 e. The van der Waals surface area contributed by atoms with Gasteiger partial charge in [-0.1, -0.05) is 32.9 Å². The van der Waals surface area contributed by atoms with Gasteiger partial charge in [-0.15, -0.1) is 0 Å². The van der Waals surface area contributed by atoms with Gasteiger partial charge >= 0.3 is 5.97 Å². The van der Waals surface area contributed by atoms with E-state index in [9.17, 15) is 14.7 Å². The second-order valence-electron chi connectivity index (χ2n) is 6.42. The fourth-order valence-electron chi connectivity index (χ4n) is 1.90. The molecule has 0 spiro atoms. The largest absolute Gasteiger partial charge is 0.496 e. The molecule has 0 aliphatic carbocycles. The zero-order chi connectivity index (χ0) is 15.7. The third-order valence-corrected chi connectivity index (χ3v) is 3.35. The maximum atomic E-state index is 12.3. The highest BCUT2D eigenvalue weighted by Crippen LogP contribution is 2.34. The predicted molar refractivity (Wildman–Crippen MR) is 77.4 cm³/mol. The highest BCUT2D eigenvalue weighted by atomic mass is 16.5. The Morgan fingerprint density at radius 1 is 1.10 bits per heavy atom. The molecule has 0 saturated carbocycles. The van der Waals surface area contributed by atoms with E-state index in [1.807, 2.05) is 20.8 Å². The topological polar surface area (TPSA) is 63.6 Å². The zero-order valence-electron chi connectivity index (χ0n) is 12.9. The fourth-order valence-corrected chi connectivity index (χ4v) is 1.90. The Labute approximate surface area is 119 Å².